The lowest BCUT2D eigenvalue weighted by atomic mass is 10.2. The standard InChI is InChI=1S/C21H27ClN6/c1-2-3-10-26-21-27-14-9-20(28-21)25-12-5-4-11-23-18-8-13-24-19-15-16(22)6-7-17(18)19/h6-9,13-15H,2-5,10-12H2,1H3,(H,23,24)(H2,25,26,27,28). The van der Waals surface area contributed by atoms with Gasteiger partial charge in [0, 0.05) is 48.1 Å². The van der Waals surface area contributed by atoms with E-state index < -0.39 is 0 Å². The van der Waals surface area contributed by atoms with E-state index in [2.05, 4.69) is 37.8 Å². The van der Waals surface area contributed by atoms with Gasteiger partial charge in [0.2, 0.25) is 5.95 Å². The number of aromatic nitrogens is 3. The average Bonchev–Trinajstić information content (AvgIpc) is 2.71. The van der Waals surface area contributed by atoms with Crippen LogP contribution in [0.3, 0.4) is 0 Å². The van der Waals surface area contributed by atoms with Gasteiger partial charge in [-0.15, -0.1) is 0 Å². The normalized spacial score (nSPS) is 10.8. The molecule has 0 unspecified atom stereocenters. The fraction of sp³-hybridized carbons (Fsp3) is 0.381. The predicted molar refractivity (Wildman–Crippen MR) is 118 cm³/mol. The van der Waals surface area contributed by atoms with Crippen LogP contribution in [0.1, 0.15) is 32.6 Å². The minimum Gasteiger partial charge on any atom is -0.384 e. The van der Waals surface area contributed by atoms with Crippen molar-refractivity contribution >= 4 is 40.0 Å². The van der Waals surface area contributed by atoms with Crippen LogP contribution in [-0.4, -0.2) is 34.6 Å². The first-order chi connectivity index (χ1) is 13.8. The van der Waals surface area contributed by atoms with Crippen LogP contribution in [0.4, 0.5) is 17.5 Å². The van der Waals surface area contributed by atoms with Crippen molar-refractivity contribution in [2.24, 2.45) is 0 Å². The lowest BCUT2D eigenvalue weighted by molar-refractivity contribution is 0.793. The molecular weight excluding hydrogens is 372 g/mol. The molecule has 3 aromatic rings. The molecule has 0 saturated carbocycles. The Balaban J connectivity index is 1.39. The second kappa shape index (κ2) is 10.7. The van der Waals surface area contributed by atoms with Gasteiger partial charge in [0.25, 0.3) is 0 Å². The van der Waals surface area contributed by atoms with Crippen LogP contribution in [-0.2, 0) is 0 Å². The maximum absolute atomic E-state index is 6.04. The van der Waals surface area contributed by atoms with Crippen LogP contribution in [0.15, 0.2) is 42.7 Å². The molecule has 28 heavy (non-hydrogen) atoms. The van der Waals surface area contributed by atoms with Crippen LogP contribution >= 0.6 is 11.6 Å². The molecule has 148 valence electrons. The predicted octanol–water partition coefficient (Wildman–Crippen LogP) is 5.19. The molecular formula is C21H27ClN6. The summed E-state index contributed by atoms with van der Waals surface area (Å²) >= 11 is 6.04. The molecule has 0 bridgehead atoms. The van der Waals surface area contributed by atoms with Crippen molar-refractivity contribution in [2.75, 3.05) is 35.6 Å². The Bertz CT molecular complexity index is 886. The first-order valence-corrected chi connectivity index (χ1v) is 10.2. The Morgan fingerprint density at radius 3 is 2.50 bits per heavy atom. The minimum atomic E-state index is 0.685. The second-order valence-electron chi connectivity index (χ2n) is 6.63. The van der Waals surface area contributed by atoms with Crippen molar-refractivity contribution in [2.45, 2.75) is 32.6 Å². The van der Waals surface area contributed by atoms with Crippen molar-refractivity contribution in [1.82, 2.24) is 15.0 Å². The SMILES string of the molecule is CCCCNc1nccc(NCCCCNc2ccnc3cc(Cl)ccc23)n1. The maximum atomic E-state index is 6.04. The van der Waals surface area contributed by atoms with Gasteiger partial charge in [-0.2, -0.15) is 4.98 Å². The number of hydrogen-bond acceptors (Lipinski definition) is 6. The van der Waals surface area contributed by atoms with E-state index in [9.17, 15) is 0 Å². The monoisotopic (exact) mass is 398 g/mol. The van der Waals surface area contributed by atoms with Gasteiger partial charge in [-0.1, -0.05) is 24.9 Å². The summed E-state index contributed by atoms with van der Waals surface area (Å²) in [6.07, 6.45) is 7.97. The van der Waals surface area contributed by atoms with E-state index in [0.717, 1.165) is 67.7 Å². The number of fused-ring (bicyclic) bond motifs is 1. The minimum absolute atomic E-state index is 0.685. The lowest BCUT2D eigenvalue weighted by Gasteiger charge is -2.10. The maximum Gasteiger partial charge on any atom is 0.224 e. The molecule has 2 aromatic heterocycles. The Morgan fingerprint density at radius 1 is 0.857 bits per heavy atom. The number of halogens is 1. The van der Waals surface area contributed by atoms with E-state index in [1.54, 1.807) is 6.20 Å². The fourth-order valence-corrected chi connectivity index (χ4v) is 3.05. The van der Waals surface area contributed by atoms with E-state index in [-0.39, 0.29) is 0 Å². The zero-order valence-electron chi connectivity index (χ0n) is 16.2. The first kappa shape index (κ1) is 20.1. The summed E-state index contributed by atoms with van der Waals surface area (Å²) < 4.78 is 0. The molecule has 3 rings (SSSR count). The largest absolute Gasteiger partial charge is 0.384 e. The summed E-state index contributed by atoms with van der Waals surface area (Å²) in [6, 6.07) is 9.70. The third kappa shape index (κ3) is 5.96. The average molecular weight is 399 g/mol. The molecule has 7 heteroatoms. The lowest BCUT2D eigenvalue weighted by Crippen LogP contribution is -2.09. The van der Waals surface area contributed by atoms with Crippen molar-refractivity contribution in [1.29, 1.82) is 0 Å². The van der Waals surface area contributed by atoms with Crippen molar-refractivity contribution < 1.29 is 0 Å². The highest BCUT2D eigenvalue weighted by atomic mass is 35.5. The summed E-state index contributed by atoms with van der Waals surface area (Å²) in [5.74, 6) is 1.55. The molecule has 0 aliphatic carbocycles. The molecule has 0 fully saturated rings. The molecule has 0 saturated heterocycles. The van der Waals surface area contributed by atoms with E-state index in [4.69, 9.17) is 11.6 Å². The summed E-state index contributed by atoms with van der Waals surface area (Å²) in [7, 11) is 0. The zero-order valence-corrected chi connectivity index (χ0v) is 17.0. The van der Waals surface area contributed by atoms with Gasteiger partial charge in [-0.25, -0.2) is 4.98 Å². The van der Waals surface area contributed by atoms with Crippen LogP contribution in [0.25, 0.3) is 10.9 Å². The Morgan fingerprint density at radius 2 is 1.64 bits per heavy atom. The Kier molecular flexibility index (Phi) is 7.67. The third-order valence-corrected chi connectivity index (χ3v) is 4.63. The van der Waals surface area contributed by atoms with E-state index in [0.29, 0.717) is 11.0 Å². The molecule has 0 radical (unpaired) electrons. The molecule has 0 amide bonds. The third-order valence-electron chi connectivity index (χ3n) is 4.40. The quantitative estimate of drug-likeness (QED) is 0.386. The number of pyridine rings is 1. The van der Waals surface area contributed by atoms with Crippen molar-refractivity contribution in [3.8, 4) is 0 Å². The highest BCUT2D eigenvalue weighted by Gasteiger charge is 2.02. The topological polar surface area (TPSA) is 74.8 Å². The molecule has 0 atom stereocenters. The number of nitrogens with one attached hydrogen (secondary N) is 3. The van der Waals surface area contributed by atoms with E-state index >= 15 is 0 Å². The van der Waals surface area contributed by atoms with Gasteiger partial charge >= 0.3 is 0 Å². The first-order valence-electron chi connectivity index (χ1n) is 9.85. The number of benzene rings is 1. The highest BCUT2D eigenvalue weighted by Crippen LogP contribution is 2.24. The van der Waals surface area contributed by atoms with Crippen LogP contribution in [0.5, 0.6) is 0 Å². The molecule has 6 nitrogen and oxygen atoms in total. The number of anilines is 3. The molecule has 1 aromatic carbocycles. The van der Waals surface area contributed by atoms with Crippen LogP contribution in [0.2, 0.25) is 5.02 Å². The van der Waals surface area contributed by atoms with Crippen molar-refractivity contribution in [3.63, 3.8) is 0 Å². The summed E-state index contributed by atoms with van der Waals surface area (Å²) in [5.41, 5.74) is 2.00. The number of unbranched alkanes of at least 4 members (excludes halogenated alkanes) is 2. The summed E-state index contributed by atoms with van der Waals surface area (Å²) in [6.45, 7) is 4.85. The van der Waals surface area contributed by atoms with Gasteiger partial charge < -0.3 is 16.0 Å². The molecule has 0 aliphatic rings. The second-order valence-corrected chi connectivity index (χ2v) is 7.06. The van der Waals surface area contributed by atoms with Gasteiger partial charge in [0.1, 0.15) is 5.82 Å². The summed E-state index contributed by atoms with van der Waals surface area (Å²) in [4.78, 5) is 13.1. The highest BCUT2D eigenvalue weighted by molar-refractivity contribution is 6.31. The van der Waals surface area contributed by atoms with Gasteiger partial charge in [0.15, 0.2) is 0 Å². The van der Waals surface area contributed by atoms with Crippen LogP contribution < -0.4 is 16.0 Å². The Labute approximate surface area is 171 Å². The molecule has 0 spiro atoms. The Hall–Kier alpha value is -2.60. The number of rotatable bonds is 11. The fourth-order valence-electron chi connectivity index (χ4n) is 2.88. The smallest absolute Gasteiger partial charge is 0.224 e. The van der Waals surface area contributed by atoms with Crippen LogP contribution in [0, 0.1) is 0 Å². The molecule has 0 aliphatic heterocycles. The van der Waals surface area contributed by atoms with Gasteiger partial charge in [-0.05, 0) is 49.6 Å². The van der Waals surface area contributed by atoms with E-state index in [1.165, 1.54) is 0 Å². The number of hydrogen-bond donors (Lipinski definition) is 3. The van der Waals surface area contributed by atoms with Crippen molar-refractivity contribution in [3.05, 3.63) is 47.7 Å². The molecule has 2 heterocycles. The zero-order chi connectivity index (χ0) is 19.6. The molecule has 3 N–H and O–H groups in total. The van der Waals surface area contributed by atoms with Gasteiger partial charge in [0.05, 0.1) is 5.52 Å². The summed E-state index contributed by atoms with van der Waals surface area (Å²) in [5, 5.41) is 11.9. The number of nitrogens with zero attached hydrogens (tertiary/aromatic N) is 3. The van der Waals surface area contributed by atoms with E-state index in [1.807, 2.05) is 36.5 Å². The van der Waals surface area contributed by atoms with Gasteiger partial charge in [-0.3, -0.25) is 4.98 Å².